The number of aromatic nitrogens is 3. The Labute approximate surface area is 173 Å². The number of hydroxylamine groups is 2. The molecule has 1 aliphatic heterocycles. The van der Waals surface area contributed by atoms with Crippen LogP contribution in [0, 0.1) is 6.92 Å². The highest BCUT2D eigenvalue weighted by Crippen LogP contribution is 2.32. The lowest BCUT2D eigenvalue weighted by molar-refractivity contribution is -0.0829. The lowest BCUT2D eigenvalue weighted by atomic mass is 10.0. The molecule has 30 heavy (non-hydrogen) atoms. The van der Waals surface area contributed by atoms with Crippen LogP contribution in [0.1, 0.15) is 23.6 Å². The van der Waals surface area contributed by atoms with Crippen molar-refractivity contribution in [3.8, 4) is 11.1 Å². The van der Waals surface area contributed by atoms with Crippen LogP contribution in [0.15, 0.2) is 73.2 Å². The second kappa shape index (κ2) is 7.61. The van der Waals surface area contributed by atoms with Crippen molar-refractivity contribution in [3.63, 3.8) is 0 Å². The van der Waals surface area contributed by atoms with Gasteiger partial charge in [0.05, 0.1) is 12.6 Å². The van der Waals surface area contributed by atoms with Gasteiger partial charge in [-0.25, -0.2) is 14.3 Å². The van der Waals surface area contributed by atoms with E-state index in [-0.39, 0.29) is 12.1 Å². The van der Waals surface area contributed by atoms with Crippen LogP contribution in [0.5, 0.6) is 0 Å². The molecule has 4 aromatic rings. The van der Waals surface area contributed by atoms with Crippen LogP contribution in [0.4, 0.5) is 10.5 Å². The number of anilines is 1. The van der Waals surface area contributed by atoms with E-state index in [9.17, 15) is 4.79 Å². The van der Waals surface area contributed by atoms with Gasteiger partial charge in [-0.1, -0.05) is 42.5 Å². The van der Waals surface area contributed by atoms with Crippen molar-refractivity contribution in [3.05, 3.63) is 84.3 Å². The minimum atomic E-state index is -0.270. The number of carbonyl (C=O) groups is 1. The number of benzene rings is 2. The molecule has 2 aromatic carbocycles. The lowest BCUT2D eigenvalue weighted by Gasteiger charge is -2.23. The Morgan fingerprint density at radius 2 is 1.93 bits per heavy atom. The zero-order valence-corrected chi connectivity index (χ0v) is 16.5. The van der Waals surface area contributed by atoms with Gasteiger partial charge in [-0.3, -0.25) is 4.84 Å². The fourth-order valence-corrected chi connectivity index (χ4v) is 3.74. The highest BCUT2D eigenvalue weighted by molar-refractivity contribution is 5.91. The normalized spacial score (nSPS) is 16.2. The first kappa shape index (κ1) is 18.3. The van der Waals surface area contributed by atoms with Crippen molar-refractivity contribution >= 4 is 17.4 Å². The summed E-state index contributed by atoms with van der Waals surface area (Å²) in [5.41, 5.74) is 5.55. The van der Waals surface area contributed by atoms with Gasteiger partial charge < -0.3 is 5.32 Å². The largest absolute Gasteiger partial charge is 0.346 e. The molecule has 1 aliphatic rings. The first-order chi connectivity index (χ1) is 14.7. The molecule has 0 spiro atoms. The SMILES string of the molecule is Cc1ccc(-c2ccc3ncnn3c2)cc1NC(=O)N1OCCC1c1ccccc1. The molecule has 1 saturated heterocycles. The third kappa shape index (κ3) is 3.40. The Bertz CT molecular complexity index is 1200. The number of fused-ring (bicyclic) bond motifs is 1. The Balaban J connectivity index is 1.40. The van der Waals surface area contributed by atoms with Crippen LogP contribution < -0.4 is 5.32 Å². The molecule has 0 radical (unpaired) electrons. The number of hydrogen-bond acceptors (Lipinski definition) is 4. The molecule has 1 unspecified atom stereocenters. The van der Waals surface area contributed by atoms with E-state index in [1.807, 2.05) is 73.8 Å². The maximum absolute atomic E-state index is 13.0. The average molecular weight is 399 g/mol. The molecule has 3 heterocycles. The average Bonchev–Trinajstić information content (AvgIpc) is 3.45. The molecule has 150 valence electrons. The fourth-order valence-electron chi connectivity index (χ4n) is 3.74. The van der Waals surface area contributed by atoms with Crippen molar-refractivity contribution in [1.82, 2.24) is 19.7 Å². The molecular formula is C23H21N5O2. The minimum absolute atomic E-state index is 0.0931. The summed E-state index contributed by atoms with van der Waals surface area (Å²) in [4.78, 5) is 22.8. The number of urea groups is 1. The van der Waals surface area contributed by atoms with Crippen LogP contribution in [-0.2, 0) is 4.84 Å². The van der Waals surface area contributed by atoms with Crippen LogP contribution in [0.2, 0.25) is 0 Å². The summed E-state index contributed by atoms with van der Waals surface area (Å²) < 4.78 is 1.73. The summed E-state index contributed by atoms with van der Waals surface area (Å²) in [6.07, 6.45) is 4.22. The minimum Gasteiger partial charge on any atom is -0.306 e. The summed E-state index contributed by atoms with van der Waals surface area (Å²) in [7, 11) is 0. The van der Waals surface area contributed by atoms with Gasteiger partial charge in [0.2, 0.25) is 0 Å². The molecule has 1 atom stereocenters. The molecule has 2 aromatic heterocycles. The summed E-state index contributed by atoms with van der Waals surface area (Å²) in [6.45, 7) is 2.49. The van der Waals surface area contributed by atoms with E-state index in [4.69, 9.17) is 4.84 Å². The number of aryl methyl sites for hydroxylation is 1. The van der Waals surface area contributed by atoms with E-state index in [2.05, 4.69) is 15.4 Å². The van der Waals surface area contributed by atoms with E-state index >= 15 is 0 Å². The van der Waals surface area contributed by atoms with E-state index in [0.717, 1.165) is 40.0 Å². The number of pyridine rings is 1. The van der Waals surface area contributed by atoms with Gasteiger partial charge in [0.25, 0.3) is 0 Å². The second-order valence-electron chi connectivity index (χ2n) is 7.31. The highest BCUT2D eigenvalue weighted by Gasteiger charge is 2.32. The first-order valence-corrected chi connectivity index (χ1v) is 9.87. The molecule has 5 rings (SSSR count). The van der Waals surface area contributed by atoms with Crippen molar-refractivity contribution in [1.29, 1.82) is 0 Å². The molecule has 2 amide bonds. The van der Waals surface area contributed by atoms with Crippen molar-refractivity contribution in [2.24, 2.45) is 0 Å². The molecule has 1 N–H and O–H groups in total. The summed E-state index contributed by atoms with van der Waals surface area (Å²) in [5, 5.41) is 8.66. The molecular weight excluding hydrogens is 378 g/mol. The monoisotopic (exact) mass is 399 g/mol. The molecule has 0 saturated carbocycles. The molecule has 0 bridgehead atoms. The number of carbonyl (C=O) groups excluding carboxylic acids is 1. The first-order valence-electron chi connectivity index (χ1n) is 9.87. The Morgan fingerprint density at radius 1 is 1.10 bits per heavy atom. The van der Waals surface area contributed by atoms with E-state index in [0.29, 0.717) is 6.61 Å². The van der Waals surface area contributed by atoms with E-state index in [1.54, 1.807) is 4.52 Å². The third-order valence-corrected chi connectivity index (χ3v) is 5.38. The quantitative estimate of drug-likeness (QED) is 0.546. The van der Waals surface area contributed by atoms with Gasteiger partial charge in [0.1, 0.15) is 6.33 Å². The topological polar surface area (TPSA) is 71.8 Å². The third-order valence-electron chi connectivity index (χ3n) is 5.38. The molecule has 0 aliphatic carbocycles. The van der Waals surface area contributed by atoms with Gasteiger partial charge in [-0.2, -0.15) is 10.2 Å². The number of nitrogens with one attached hydrogen (secondary N) is 1. The fraction of sp³-hybridized carbons (Fsp3) is 0.174. The smallest absolute Gasteiger partial charge is 0.306 e. The highest BCUT2D eigenvalue weighted by atomic mass is 16.7. The van der Waals surface area contributed by atoms with Gasteiger partial charge in [0.15, 0.2) is 5.65 Å². The summed E-state index contributed by atoms with van der Waals surface area (Å²) in [5.74, 6) is 0. The molecule has 7 nitrogen and oxygen atoms in total. The summed E-state index contributed by atoms with van der Waals surface area (Å²) in [6, 6.07) is 19.5. The lowest BCUT2D eigenvalue weighted by Crippen LogP contribution is -2.33. The van der Waals surface area contributed by atoms with Crippen LogP contribution in [0.3, 0.4) is 0 Å². The number of nitrogens with zero attached hydrogens (tertiary/aromatic N) is 4. The van der Waals surface area contributed by atoms with Gasteiger partial charge in [0, 0.05) is 23.9 Å². The van der Waals surface area contributed by atoms with Crippen molar-refractivity contribution < 1.29 is 9.63 Å². The number of amides is 2. The van der Waals surface area contributed by atoms with Crippen LogP contribution in [0.25, 0.3) is 16.8 Å². The zero-order chi connectivity index (χ0) is 20.5. The van der Waals surface area contributed by atoms with Gasteiger partial charge in [-0.15, -0.1) is 0 Å². The molecule has 7 heteroatoms. The number of rotatable bonds is 3. The summed E-state index contributed by atoms with van der Waals surface area (Å²) >= 11 is 0. The van der Waals surface area contributed by atoms with Crippen LogP contribution >= 0.6 is 0 Å². The van der Waals surface area contributed by atoms with Gasteiger partial charge in [-0.05, 0) is 41.8 Å². The van der Waals surface area contributed by atoms with Crippen LogP contribution in [-0.4, -0.2) is 32.3 Å². The Morgan fingerprint density at radius 3 is 2.80 bits per heavy atom. The zero-order valence-electron chi connectivity index (χ0n) is 16.5. The maximum atomic E-state index is 13.0. The Kier molecular flexibility index (Phi) is 4.65. The predicted octanol–water partition coefficient (Wildman–Crippen LogP) is 4.62. The van der Waals surface area contributed by atoms with E-state index < -0.39 is 0 Å². The number of hydrogen-bond donors (Lipinski definition) is 1. The molecule has 1 fully saturated rings. The Hall–Kier alpha value is -3.71. The van der Waals surface area contributed by atoms with Crippen molar-refractivity contribution in [2.45, 2.75) is 19.4 Å². The predicted molar refractivity (Wildman–Crippen MR) is 114 cm³/mol. The standard InChI is InChI=1S/C23H21N5O2/c1-16-7-8-18(19-9-10-22-24-15-25-27(22)14-19)13-20(16)26-23(29)28-21(11-12-30-28)17-5-3-2-4-6-17/h2-10,13-15,21H,11-12H2,1H3,(H,26,29). The van der Waals surface area contributed by atoms with Crippen molar-refractivity contribution in [2.75, 3.05) is 11.9 Å². The second-order valence-corrected chi connectivity index (χ2v) is 7.31. The maximum Gasteiger partial charge on any atom is 0.346 e. The van der Waals surface area contributed by atoms with Gasteiger partial charge >= 0.3 is 6.03 Å². The van der Waals surface area contributed by atoms with E-state index in [1.165, 1.54) is 11.4 Å².